The second-order valence-corrected chi connectivity index (χ2v) is 5.10. The molecule has 0 saturated heterocycles. The Morgan fingerprint density at radius 1 is 1.50 bits per heavy atom. The molecule has 0 radical (unpaired) electrons. The zero-order chi connectivity index (χ0) is 11.5. The number of rotatable bonds is 4. The first-order valence-electron chi connectivity index (χ1n) is 5.36. The van der Waals surface area contributed by atoms with Crippen LogP contribution in [0.4, 0.5) is 0 Å². The summed E-state index contributed by atoms with van der Waals surface area (Å²) in [4.78, 5) is 4.58. The molecule has 0 aliphatic carbocycles. The van der Waals surface area contributed by atoms with Crippen LogP contribution in [0, 0.1) is 5.92 Å². The summed E-state index contributed by atoms with van der Waals surface area (Å²) in [6, 6.07) is 5.98. The van der Waals surface area contributed by atoms with Crippen molar-refractivity contribution >= 4 is 21.6 Å². The number of fused-ring (bicyclic) bond motifs is 1. The van der Waals surface area contributed by atoms with E-state index in [9.17, 15) is 0 Å². The predicted octanol–water partition coefficient (Wildman–Crippen LogP) is 2.44. The molecule has 1 aromatic carbocycles. The van der Waals surface area contributed by atoms with Gasteiger partial charge < -0.3 is 10.5 Å². The lowest BCUT2D eigenvalue weighted by atomic mass is 10.1. The minimum atomic E-state index is 0.488. The molecule has 2 rings (SSSR count). The van der Waals surface area contributed by atoms with Crippen molar-refractivity contribution in [3.63, 3.8) is 0 Å². The van der Waals surface area contributed by atoms with Crippen LogP contribution in [0.1, 0.15) is 11.9 Å². The molecule has 0 bridgehead atoms. The van der Waals surface area contributed by atoms with E-state index in [0.29, 0.717) is 12.5 Å². The van der Waals surface area contributed by atoms with Gasteiger partial charge in [-0.15, -0.1) is 11.3 Å². The van der Waals surface area contributed by atoms with Crippen LogP contribution in [0.3, 0.4) is 0 Å². The first-order chi connectivity index (χ1) is 7.72. The zero-order valence-electron chi connectivity index (χ0n) is 9.56. The van der Waals surface area contributed by atoms with Gasteiger partial charge in [-0.1, -0.05) is 6.92 Å². The summed E-state index contributed by atoms with van der Waals surface area (Å²) >= 11 is 1.72. The van der Waals surface area contributed by atoms with E-state index in [-0.39, 0.29) is 0 Å². The maximum atomic E-state index is 5.62. The second kappa shape index (κ2) is 4.80. The highest BCUT2D eigenvalue weighted by Gasteiger charge is 2.08. The van der Waals surface area contributed by atoms with Crippen LogP contribution >= 0.6 is 11.3 Å². The topological polar surface area (TPSA) is 48.1 Å². The fraction of sp³-hybridized carbons (Fsp3) is 0.417. The molecule has 0 saturated carbocycles. The van der Waals surface area contributed by atoms with E-state index in [1.807, 2.05) is 18.2 Å². The smallest absolute Gasteiger partial charge is 0.120 e. The number of methoxy groups -OCH3 is 1. The van der Waals surface area contributed by atoms with E-state index in [2.05, 4.69) is 11.9 Å². The van der Waals surface area contributed by atoms with Gasteiger partial charge in [-0.3, -0.25) is 0 Å². The summed E-state index contributed by atoms with van der Waals surface area (Å²) in [5, 5.41) is 1.15. The molecule has 1 aromatic heterocycles. The maximum absolute atomic E-state index is 5.62. The van der Waals surface area contributed by atoms with E-state index >= 15 is 0 Å². The van der Waals surface area contributed by atoms with Crippen molar-refractivity contribution in [2.75, 3.05) is 13.7 Å². The van der Waals surface area contributed by atoms with Crippen molar-refractivity contribution in [2.45, 2.75) is 13.3 Å². The predicted molar refractivity (Wildman–Crippen MR) is 68.1 cm³/mol. The summed E-state index contributed by atoms with van der Waals surface area (Å²) in [6.07, 6.45) is 0.957. The highest BCUT2D eigenvalue weighted by molar-refractivity contribution is 7.18. The molecule has 0 amide bonds. The third kappa shape index (κ3) is 2.33. The first-order valence-corrected chi connectivity index (χ1v) is 6.18. The molecular weight excluding hydrogens is 220 g/mol. The number of aromatic nitrogens is 1. The number of benzene rings is 1. The molecule has 2 N–H and O–H groups in total. The highest BCUT2D eigenvalue weighted by atomic mass is 32.1. The van der Waals surface area contributed by atoms with Gasteiger partial charge in [-0.05, 0) is 30.7 Å². The lowest BCUT2D eigenvalue weighted by Crippen LogP contribution is -2.12. The number of ether oxygens (including phenoxy) is 1. The minimum Gasteiger partial charge on any atom is -0.497 e. The van der Waals surface area contributed by atoms with Crippen molar-refractivity contribution in [1.29, 1.82) is 0 Å². The van der Waals surface area contributed by atoms with Crippen LogP contribution in [-0.2, 0) is 6.42 Å². The second-order valence-electron chi connectivity index (χ2n) is 3.99. The van der Waals surface area contributed by atoms with Crippen LogP contribution in [0.15, 0.2) is 18.2 Å². The van der Waals surface area contributed by atoms with Gasteiger partial charge in [0.15, 0.2) is 0 Å². The Labute approximate surface area is 99.3 Å². The van der Waals surface area contributed by atoms with Gasteiger partial charge in [0.25, 0.3) is 0 Å². The Morgan fingerprint density at radius 2 is 2.31 bits per heavy atom. The van der Waals surface area contributed by atoms with Gasteiger partial charge in [0.2, 0.25) is 0 Å². The Hall–Kier alpha value is -1.13. The third-order valence-electron chi connectivity index (χ3n) is 2.57. The molecule has 1 unspecified atom stereocenters. The van der Waals surface area contributed by atoms with Gasteiger partial charge in [0, 0.05) is 6.42 Å². The summed E-state index contributed by atoms with van der Waals surface area (Å²) in [6.45, 7) is 2.85. The number of nitrogens with two attached hydrogens (primary N) is 1. The minimum absolute atomic E-state index is 0.488. The lowest BCUT2D eigenvalue weighted by Gasteiger charge is -2.03. The van der Waals surface area contributed by atoms with Crippen molar-refractivity contribution in [2.24, 2.45) is 11.7 Å². The number of thiazole rings is 1. The Balaban J connectivity index is 2.29. The molecule has 3 nitrogen and oxygen atoms in total. The first kappa shape index (κ1) is 11.4. The largest absolute Gasteiger partial charge is 0.497 e. The molecule has 86 valence electrons. The number of hydrogen-bond donors (Lipinski definition) is 1. The average molecular weight is 236 g/mol. The fourth-order valence-corrected chi connectivity index (χ4v) is 2.71. The molecule has 0 aliphatic heterocycles. The van der Waals surface area contributed by atoms with Crippen LogP contribution in [0.25, 0.3) is 10.2 Å². The highest BCUT2D eigenvalue weighted by Crippen LogP contribution is 2.27. The lowest BCUT2D eigenvalue weighted by molar-refractivity contribution is 0.415. The Kier molecular flexibility index (Phi) is 3.41. The summed E-state index contributed by atoms with van der Waals surface area (Å²) < 4.78 is 6.37. The van der Waals surface area contributed by atoms with Crippen molar-refractivity contribution in [3.05, 3.63) is 23.2 Å². The van der Waals surface area contributed by atoms with E-state index in [1.54, 1.807) is 18.4 Å². The average Bonchev–Trinajstić information content (AvgIpc) is 2.69. The molecule has 2 aromatic rings. The quantitative estimate of drug-likeness (QED) is 0.887. The van der Waals surface area contributed by atoms with E-state index in [4.69, 9.17) is 10.5 Å². The Morgan fingerprint density at radius 3 is 3.00 bits per heavy atom. The fourth-order valence-electron chi connectivity index (χ4n) is 1.55. The molecule has 4 heteroatoms. The summed E-state index contributed by atoms with van der Waals surface area (Å²) in [7, 11) is 1.68. The van der Waals surface area contributed by atoms with Gasteiger partial charge in [-0.2, -0.15) is 0 Å². The summed E-state index contributed by atoms with van der Waals surface area (Å²) in [5.74, 6) is 1.37. The van der Waals surface area contributed by atoms with Crippen LogP contribution in [0.2, 0.25) is 0 Å². The van der Waals surface area contributed by atoms with Crippen LogP contribution in [0.5, 0.6) is 5.75 Å². The molecule has 0 aliphatic rings. The van der Waals surface area contributed by atoms with Gasteiger partial charge in [-0.25, -0.2) is 4.98 Å². The SMILES string of the molecule is COc1ccc2nc(CC(C)CN)sc2c1. The van der Waals surface area contributed by atoms with E-state index in [1.165, 1.54) is 4.70 Å². The van der Waals surface area contributed by atoms with Crippen LogP contribution in [-0.4, -0.2) is 18.6 Å². The third-order valence-corrected chi connectivity index (χ3v) is 3.61. The van der Waals surface area contributed by atoms with Crippen molar-refractivity contribution < 1.29 is 4.74 Å². The number of nitrogens with zero attached hydrogens (tertiary/aromatic N) is 1. The maximum Gasteiger partial charge on any atom is 0.120 e. The monoisotopic (exact) mass is 236 g/mol. The van der Waals surface area contributed by atoms with E-state index < -0.39 is 0 Å². The molecule has 0 spiro atoms. The van der Waals surface area contributed by atoms with Crippen molar-refractivity contribution in [1.82, 2.24) is 4.98 Å². The molecule has 1 heterocycles. The van der Waals surface area contributed by atoms with E-state index in [0.717, 1.165) is 22.7 Å². The van der Waals surface area contributed by atoms with Crippen molar-refractivity contribution in [3.8, 4) is 5.75 Å². The molecular formula is C12H16N2OS. The summed E-state index contributed by atoms with van der Waals surface area (Å²) in [5.41, 5.74) is 6.66. The molecule has 0 fully saturated rings. The Bertz CT molecular complexity index is 481. The standard InChI is InChI=1S/C12H16N2OS/c1-8(7-13)5-12-14-10-4-3-9(15-2)6-11(10)16-12/h3-4,6,8H,5,7,13H2,1-2H3. The normalized spacial score (nSPS) is 12.9. The van der Waals surface area contributed by atoms with Gasteiger partial charge >= 0.3 is 0 Å². The molecule has 16 heavy (non-hydrogen) atoms. The number of hydrogen-bond acceptors (Lipinski definition) is 4. The van der Waals surface area contributed by atoms with Gasteiger partial charge in [0.05, 0.1) is 22.3 Å². The van der Waals surface area contributed by atoms with Crippen LogP contribution < -0.4 is 10.5 Å². The zero-order valence-corrected chi connectivity index (χ0v) is 10.4. The molecule has 1 atom stereocenters. The van der Waals surface area contributed by atoms with Gasteiger partial charge in [0.1, 0.15) is 5.75 Å².